The molecule has 94 valence electrons. The second-order valence-corrected chi connectivity index (χ2v) is 4.88. The van der Waals surface area contributed by atoms with Crippen molar-refractivity contribution in [3.8, 4) is 5.75 Å². The summed E-state index contributed by atoms with van der Waals surface area (Å²) in [6, 6.07) is 2.16. The van der Waals surface area contributed by atoms with Crippen molar-refractivity contribution in [3.63, 3.8) is 0 Å². The van der Waals surface area contributed by atoms with Crippen LogP contribution in [0.5, 0.6) is 5.75 Å². The summed E-state index contributed by atoms with van der Waals surface area (Å²) in [5, 5.41) is 3.43. The van der Waals surface area contributed by atoms with Gasteiger partial charge in [-0.1, -0.05) is 13.8 Å². The van der Waals surface area contributed by atoms with E-state index in [0.717, 1.165) is 31.9 Å². The van der Waals surface area contributed by atoms with Crippen LogP contribution in [-0.4, -0.2) is 24.7 Å². The van der Waals surface area contributed by atoms with Crippen LogP contribution in [0.4, 0.5) is 0 Å². The Morgan fingerprint density at radius 1 is 1.47 bits per heavy atom. The molecule has 0 radical (unpaired) electrons. The quantitative estimate of drug-likeness (QED) is 0.869. The van der Waals surface area contributed by atoms with E-state index < -0.39 is 0 Å². The summed E-state index contributed by atoms with van der Waals surface area (Å²) in [4.78, 5) is 4.30. The third-order valence-electron chi connectivity index (χ3n) is 3.42. The number of piperidine rings is 1. The Kier molecular flexibility index (Phi) is 4.37. The maximum Gasteiger partial charge on any atom is 0.137 e. The topological polar surface area (TPSA) is 34.1 Å². The van der Waals surface area contributed by atoms with Crippen LogP contribution in [-0.2, 0) is 0 Å². The van der Waals surface area contributed by atoms with E-state index in [1.165, 1.54) is 12.0 Å². The summed E-state index contributed by atoms with van der Waals surface area (Å²) in [5.74, 6) is 2.20. The van der Waals surface area contributed by atoms with Gasteiger partial charge in [0.15, 0.2) is 0 Å². The maximum absolute atomic E-state index is 5.64. The van der Waals surface area contributed by atoms with Crippen LogP contribution in [0, 0.1) is 5.92 Å². The van der Waals surface area contributed by atoms with Gasteiger partial charge in [0.1, 0.15) is 5.75 Å². The first-order valence-corrected chi connectivity index (χ1v) is 6.59. The van der Waals surface area contributed by atoms with Gasteiger partial charge in [-0.05, 0) is 49.4 Å². The molecule has 0 aliphatic carbocycles. The fraction of sp³-hybridized carbons (Fsp3) is 0.643. The largest absolute Gasteiger partial charge is 0.492 e. The minimum atomic E-state index is 0.619. The monoisotopic (exact) mass is 234 g/mol. The van der Waals surface area contributed by atoms with Crippen LogP contribution in [0.15, 0.2) is 18.5 Å². The van der Waals surface area contributed by atoms with Gasteiger partial charge in [-0.3, -0.25) is 4.98 Å². The normalized spacial score (nSPS) is 24.6. The molecule has 0 aromatic carbocycles. The van der Waals surface area contributed by atoms with Gasteiger partial charge < -0.3 is 10.1 Å². The fourth-order valence-electron chi connectivity index (χ4n) is 2.45. The van der Waals surface area contributed by atoms with Crippen molar-refractivity contribution in [2.24, 2.45) is 5.92 Å². The number of nitrogens with zero attached hydrogens (tertiary/aromatic N) is 1. The highest BCUT2D eigenvalue weighted by Crippen LogP contribution is 2.31. The average Bonchev–Trinajstić information content (AvgIpc) is 2.37. The molecule has 0 amide bonds. The highest BCUT2D eigenvalue weighted by Gasteiger charge is 2.23. The third kappa shape index (κ3) is 3.19. The molecule has 2 unspecified atom stereocenters. The molecule has 1 aliphatic rings. The van der Waals surface area contributed by atoms with Crippen LogP contribution in [0.2, 0.25) is 0 Å². The smallest absolute Gasteiger partial charge is 0.137 e. The molecule has 0 bridgehead atoms. The summed E-state index contributed by atoms with van der Waals surface area (Å²) in [7, 11) is 0. The van der Waals surface area contributed by atoms with E-state index in [1.54, 1.807) is 0 Å². The molecule has 1 aliphatic heterocycles. The predicted molar refractivity (Wildman–Crippen MR) is 69.4 cm³/mol. The number of aromatic nitrogens is 1. The molecule has 3 heteroatoms. The number of pyridine rings is 1. The van der Waals surface area contributed by atoms with Crippen molar-refractivity contribution >= 4 is 0 Å². The second-order valence-electron chi connectivity index (χ2n) is 4.88. The van der Waals surface area contributed by atoms with E-state index in [9.17, 15) is 0 Å². The first-order valence-electron chi connectivity index (χ1n) is 6.59. The molecule has 1 saturated heterocycles. The Hall–Kier alpha value is -1.09. The van der Waals surface area contributed by atoms with Gasteiger partial charge in [0.2, 0.25) is 0 Å². The second kappa shape index (κ2) is 6.01. The lowest BCUT2D eigenvalue weighted by molar-refractivity contribution is 0.312. The molecular weight excluding hydrogens is 212 g/mol. The number of ether oxygens (including phenoxy) is 1. The standard InChI is InChI=1S/C14H22N2O/c1-3-6-17-13-7-12(9-16-10-13)14-4-5-15-8-11(14)2/h7,9-11,14-15H,3-6,8H2,1-2H3. The van der Waals surface area contributed by atoms with Gasteiger partial charge in [-0.15, -0.1) is 0 Å². The zero-order valence-corrected chi connectivity index (χ0v) is 10.8. The number of hydrogen-bond acceptors (Lipinski definition) is 3. The van der Waals surface area contributed by atoms with Crippen LogP contribution in [0.25, 0.3) is 0 Å². The van der Waals surface area contributed by atoms with Gasteiger partial charge in [-0.2, -0.15) is 0 Å². The minimum absolute atomic E-state index is 0.619. The summed E-state index contributed by atoms with van der Waals surface area (Å²) < 4.78 is 5.64. The first-order chi connectivity index (χ1) is 8.31. The number of rotatable bonds is 4. The Bertz CT molecular complexity index is 354. The van der Waals surface area contributed by atoms with Gasteiger partial charge >= 0.3 is 0 Å². The van der Waals surface area contributed by atoms with Crippen molar-refractivity contribution < 1.29 is 4.74 Å². The zero-order valence-electron chi connectivity index (χ0n) is 10.8. The Labute approximate surface area is 104 Å². The molecular formula is C14H22N2O. The van der Waals surface area contributed by atoms with Crippen molar-refractivity contribution in [1.29, 1.82) is 0 Å². The molecule has 0 saturated carbocycles. The summed E-state index contributed by atoms with van der Waals surface area (Å²) >= 11 is 0. The summed E-state index contributed by atoms with van der Waals surface area (Å²) in [5.41, 5.74) is 1.33. The van der Waals surface area contributed by atoms with E-state index in [1.807, 2.05) is 12.4 Å². The third-order valence-corrected chi connectivity index (χ3v) is 3.42. The lowest BCUT2D eigenvalue weighted by Crippen LogP contribution is -2.33. The van der Waals surface area contributed by atoms with Gasteiger partial charge in [0, 0.05) is 6.20 Å². The molecule has 2 atom stereocenters. The Morgan fingerprint density at radius 3 is 3.12 bits per heavy atom. The molecule has 0 spiro atoms. The molecule has 1 aromatic heterocycles. The number of hydrogen-bond donors (Lipinski definition) is 1. The molecule has 3 nitrogen and oxygen atoms in total. The summed E-state index contributed by atoms with van der Waals surface area (Å²) in [6.45, 7) is 7.40. The van der Waals surface area contributed by atoms with Crippen molar-refractivity contribution in [2.75, 3.05) is 19.7 Å². The van der Waals surface area contributed by atoms with Gasteiger partial charge in [0.05, 0.1) is 12.8 Å². The van der Waals surface area contributed by atoms with Gasteiger partial charge in [-0.25, -0.2) is 0 Å². The van der Waals surface area contributed by atoms with E-state index in [-0.39, 0.29) is 0 Å². The van der Waals surface area contributed by atoms with E-state index in [4.69, 9.17) is 4.74 Å². The molecule has 2 rings (SSSR count). The average molecular weight is 234 g/mol. The van der Waals surface area contributed by atoms with Crippen molar-refractivity contribution in [3.05, 3.63) is 24.0 Å². The van der Waals surface area contributed by atoms with Crippen LogP contribution in [0.3, 0.4) is 0 Å². The highest BCUT2D eigenvalue weighted by molar-refractivity contribution is 5.27. The Balaban J connectivity index is 2.08. The van der Waals surface area contributed by atoms with E-state index in [2.05, 4.69) is 30.2 Å². The van der Waals surface area contributed by atoms with Crippen molar-refractivity contribution in [2.45, 2.75) is 32.6 Å². The lowest BCUT2D eigenvalue weighted by Gasteiger charge is -2.29. The molecule has 1 N–H and O–H groups in total. The summed E-state index contributed by atoms with van der Waals surface area (Å²) in [6.07, 6.45) is 6.03. The van der Waals surface area contributed by atoms with Crippen molar-refractivity contribution in [1.82, 2.24) is 10.3 Å². The van der Waals surface area contributed by atoms with E-state index in [0.29, 0.717) is 11.8 Å². The molecule has 1 fully saturated rings. The van der Waals surface area contributed by atoms with Crippen LogP contribution >= 0.6 is 0 Å². The zero-order chi connectivity index (χ0) is 12.1. The maximum atomic E-state index is 5.64. The van der Waals surface area contributed by atoms with Crippen LogP contribution in [0.1, 0.15) is 38.2 Å². The predicted octanol–water partition coefficient (Wildman–Crippen LogP) is 2.58. The van der Waals surface area contributed by atoms with Gasteiger partial charge in [0.25, 0.3) is 0 Å². The SMILES string of the molecule is CCCOc1cncc(C2CCNCC2C)c1. The van der Waals surface area contributed by atoms with E-state index >= 15 is 0 Å². The fourth-order valence-corrected chi connectivity index (χ4v) is 2.45. The lowest BCUT2D eigenvalue weighted by atomic mass is 9.83. The highest BCUT2D eigenvalue weighted by atomic mass is 16.5. The molecule has 2 heterocycles. The molecule has 1 aromatic rings. The minimum Gasteiger partial charge on any atom is -0.492 e. The Morgan fingerprint density at radius 2 is 2.35 bits per heavy atom. The molecule has 17 heavy (non-hydrogen) atoms. The number of nitrogens with one attached hydrogen (secondary N) is 1. The van der Waals surface area contributed by atoms with Crippen LogP contribution < -0.4 is 10.1 Å². The first kappa shape index (κ1) is 12.4.